The molecule has 2 rings (SSSR count). The Kier molecular flexibility index (Phi) is 3.80. The van der Waals surface area contributed by atoms with Gasteiger partial charge >= 0.3 is 0 Å². The summed E-state index contributed by atoms with van der Waals surface area (Å²) in [5, 5.41) is 13.0. The highest BCUT2D eigenvalue weighted by molar-refractivity contribution is 5.30. The summed E-state index contributed by atoms with van der Waals surface area (Å²) in [4.78, 5) is 0. The van der Waals surface area contributed by atoms with Gasteiger partial charge in [-0.15, -0.1) is 0 Å². The summed E-state index contributed by atoms with van der Waals surface area (Å²) in [6, 6.07) is 7.81. The van der Waals surface area contributed by atoms with Gasteiger partial charge in [-0.1, -0.05) is 12.1 Å². The first-order valence-corrected chi connectivity index (χ1v) is 5.82. The zero-order valence-corrected chi connectivity index (χ0v) is 9.65. The van der Waals surface area contributed by atoms with Crippen molar-refractivity contribution in [3.8, 4) is 5.75 Å². The van der Waals surface area contributed by atoms with Crippen LogP contribution in [-0.4, -0.2) is 25.4 Å². The Morgan fingerprint density at radius 2 is 2.38 bits per heavy atom. The fourth-order valence-corrected chi connectivity index (χ4v) is 2.46. The molecule has 1 aliphatic heterocycles. The minimum absolute atomic E-state index is 0.306. The SMILES string of the molecule is COCC1CCCNC1c1cccc(O)c1. The van der Waals surface area contributed by atoms with Crippen LogP contribution >= 0.6 is 0 Å². The number of aromatic hydroxyl groups is 1. The molecule has 0 radical (unpaired) electrons. The maximum absolute atomic E-state index is 9.50. The lowest BCUT2D eigenvalue weighted by molar-refractivity contribution is 0.112. The number of benzene rings is 1. The Morgan fingerprint density at radius 1 is 1.50 bits per heavy atom. The van der Waals surface area contributed by atoms with E-state index >= 15 is 0 Å². The van der Waals surface area contributed by atoms with Gasteiger partial charge < -0.3 is 15.2 Å². The van der Waals surface area contributed by atoms with Gasteiger partial charge in [-0.3, -0.25) is 0 Å². The van der Waals surface area contributed by atoms with Crippen molar-refractivity contribution < 1.29 is 9.84 Å². The maximum Gasteiger partial charge on any atom is 0.115 e. The third-order valence-corrected chi connectivity index (χ3v) is 3.20. The summed E-state index contributed by atoms with van der Waals surface area (Å²) < 4.78 is 5.26. The smallest absolute Gasteiger partial charge is 0.115 e. The molecule has 1 fully saturated rings. The van der Waals surface area contributed by atoms with E-state index in [1.807, 2.05) is 12.1 Å². The summed E-state index contributed by atoms with van der Waals surface area (Å²) in [5.74, 6) is 0.835. The predicted octanol–water partition coefficient (Wildman–Crippen LogP) is 2.08. The van der Waals surface area contributed by atoms with Crippen molar-refractivity contribution in [2.75, 3.05) is 20.3 Å². The standard InChI is InChI=1S/C13H19NO2/c1-16-9-11-5-3-7-14-13(11)10-4-2-6-12(15)8-10/h2,4,6,8,11,13-15H,3,5,7,9H2,1H3. The van der Waals surface area contributed by atoms with Crippen LogP contribution in [0.5, 0.6) is 5.75 Å². The predicted molar refractivity (Wildman–Crippen MR) is 63.5 cm³/mol. The third-order valence-electron chi connectivity index (χ3n) is 3.20. The number of rotatable bonds is 3. The summed E-state index contributed by atoms with van der Waals surface area (Å²) in [5.41, 5.74) is 1.15. The number of piperidine rings is 1. The second kappa shape index (κ2) is 5.32. The molecule has 2 N–H and O–H groups in total. The first-order chi connectivity index (χ1) is 7.81. The van der Waals surface area contributed by atoms with Crippen LogP contribution in [0.4, 0.5) is 0 Å². The van der Waals surface area contributed by atoms with E-state index < -0.39 is 0 Å². The Morgan fingerprint density at radius 3 is 3.12 bits per heavy atom. The molecule has 0 spiro atoms. The van der Waals surface area contributed by atoms with E-state index in [2.05, 4.69) is 11.4 Å². The topological polar surface area (TPSA) is 41.5 Å². The number of hydrogen-bond acceptors (Lipinski definition) is 3. The molecule has 3 nitrogen and oxygen atoms in total. The average molecular weight is 221 g/mol. The number of hydrogen-bond donors (Lipinski definition) is 2. The minimum atomic E-state index is 0.306. The molecule has 0 saturated carbocycles. The van der Waals surface area contributed by atoms with Crippen molar-refractivity contribution in [1.29, 1.82) is 0 Å². The molecule has 2 unspecified atom stereocenters. The first kappa shape index (κ1) is 11.4. The number of nitrogens with one attached hydrogen (secondary N) is 1. The number of phenolic OH excluding ortho intramolecular Hbond substituents is 1. The molecule has 2 atom stereocenters. The lowest BCUT2D eigenvalue weighted by atomic mass is 9.87. The second-order valence-electron chi connectivity index (χ2n) is 4.38. The van der Waals surface area contributed by atoms with Gasteiger partial charge in [-0.05, 0) is 37.1 Å². The molecule has 1 heterocycles. The molecular weight excluding hydrogens is 202 g/mol. The zero-order valence-electron chi connectivity index (χ0n) is 9.65. The lowest BCUT2D eigenvalue weighted by Crippen LogP contribution is -2.36. The number of ether oxygens (including phenoxy) is 1. The normalized spacial score (nSPS) is 25.6. The fraction of sp³-hybridized carbons (Fsp3) is 0.538. The highest BCUT2D eigenvalue weighted by atomic mass is 16.5. The Labute approximate surface area is 96.4 Å². The van der Waals surface area contributed by atoms with Gasteiger partial charge in [-0.25, -0.2) is 0 Å². The van der Waals surface area contributed by atoms with Crippen molar-refractivity contribution >= 4 is 0 Å². The van der Waals surface area contributed by atoms with Gasteiger partial charge in [0, 0.05) is 19.1 Å². The summed E-state index contributed by atoms with van der Waals surface area (Å²) in [7, 11) is 1.74. The van der Waals surface area contributed by atoms with Gasteiger partial charge in [0.05, 0.1) is 6.61 Å². The minimum Gasteiger partial charge on any atom is -0.508 e. The van der Waals surface area contributed by atoms with Crippen molar-refractivity contribution in [3.05, 3.63) is 29.8 Å². The first-order valence-electron chi connectivity index (χ1n) is 5.82. The fourth-order valence-electron chi connectivity index (χ4n) is 2.46. The molecular formula is C13H19NO2. The molecule has 1 aromatic rings. The number of phenols is 1. The van der Waals surface area contributed by atoms with Crippen LogP contribution in [0, 0.1) is 5.92 Å². The second-order valence-corrected chi connectivity index (χ2v) is 4.38. The Bertz CT molecular complexity index is 338. The van der Waals surface area contributed by atoms with Crippen LogP contribution < -0.4 is 5.32 Å². The van der Waals surface area contributed by atoms with Crippen molar-refractivity contribution in [3.63, 3.8) is 0 Å². The van der Waals surface area contributed by atoms with E-state index in [1.54, 1.807) is 13.2 Å². The van der Waals surface area contributed by atoms with Crippen LogP contribution in [0.3, 0.4) is 0 Å². The molecule has 88 valence electrons. The van der Waals surface area contributed by atoms with E-state index in [4.69, 9.17) is 4.74 Å². The van der Waals surface area contributed by atoms with E-state index in [0.717, 1.165) is 18.7 Å². The van der Waals surface area contributed by atoms with E-state index in [-0.39, 0.29) is 0 Å². The van der Waals surface area contributed by atoms with Gasteiger partial charge in [-0.2, -0.15) is 0 Å². The van der Waals surface area contributed by atoms with Crippen molar-refractivity contribution in [2.24, 2.45) is 5.92 Å². The summed E-state index contributed by atoms with van der Waals surface area (Å²) in [6.45, 7) is 1.81. The average Bonchev–Trinajstić information content (AvgIpc) is 2.30. The molecule has 1 aliphatic rings. The van der Waals surface area contributed by atoms with Crippen LogP contribution in [-0.2, 0) is 4.74 Å². The van der Waals surface area contributed by atoms with Crippen molar-refractivity contribution in [2.45, 2.75) is 18.9 Å². The monoisotopic (exact) mass is 221 g/mol. The van der Waals surface area contributed by atoms with Gasteiger partial charge in [0.15, 0.2) is 0 Å². The van der Waals surface area contributed by atoms with Gasteiger partial charge in [0.1, 0.15) is 5.75 Å². The molecule has 1 aromatic carbocycles. The molecule has 0 aliphatic carbocycles. The quantitative estimate of drug-likeness (QED) is 0.821. The molecule has 0 aromatic heterocycles. The highest BCUT2D eigenvalue weighted by Crippen LogP contribution is 2.30. The molecule has 0 amide bonds. The van der Waals surface area contributed by atoms with Crippen molar-refractivity contribution in [1.82, 2.24) is 5.32 Å². The van der Waals surface area contributed by atoms with Gasteiger partial charge in [0.2, 0.25) is 0 Å². The molecule has 16 heavy (non-hydrogen) atoms. The summed E-state index contributed by atoms with van der Waals surface area (Å²) >= 11 is 0. The Hall–Kier alpha value is -1.06. The highest BCUT2D eigenvalue weighted by Gasteiger charge is 2.25. The van der Waals surface area contributed by atoms with E-state index in [1.165, 1.54) is 12.8 Å². The number of methoxy groups -OCH3 is 1. The van der Waals surface area contributed by atoms with Crippen LogP contribution in [0.1, 0.15) is 24.4 Å². The molecule has 0 bridgehead atoms. The molecule has 1 saturated heterocycles. The maximum atomic E-state index is 9.50. The summed E-state index contributed by atoms with van der Waals surface area (Å²) in [6.07, 6.45) is 2.38. The van der Waals surface area contributed by atoms with Gasteiger partial charge in [0.25, 0.3) is 0 Å². The zero-order chi connectivity index (χ0) is 11.4. The van der Waals surface area contributed by atoms with Crippen LogP contribution in [0.15, 0.2) is 24.3 Å². The Balaban J connectivity index is 2.16. The third kappa shape index (κ3) is 2.54. The largest absolute Gasteiger partial charge is 0.508 e. The van der Waals surface area contributed by atoms with E-state index in [9.17, 15) is 5.11 Å². The lowest BCUT2D eigenvalue weighted by Gasteiger charge is -2.32. The van der Waals surface area contributed by atoms with Crippen LogP contribution in [0.25, 0.3) is 0 Å². The van der Waals surface area contributed by atoms with E-state index in [0.29, 0.717) is 17.7 Å². The molecule has 3 heteroatoms. The van der Waals surface area contributed by atoms with Crippen LogP contribution in [0.2, 0.25) is 0 Å².